The van der Waals surface area contributed by atoms with Crippen molar-refractivity contribution >= 4 is 28.0 Å². The molecule has 1 saturated heterocycles. The summed E-state index contributed by atoms with van der Waals surface area (Å²) in [6.45, 7) is 3.89. The number of rotatable bonds is 8. The van der Waals surface area contributed by atoms with Crippen molar-refractivity contribution in [2.75, 3.05) is 25.1 Å². The minimum absolute atomic E-state index is 0.141. The Balaban J connectivity index is 1.43. The molecule has 6 nitrogen and oxygen atoms in total. The number of carbonyl (C=O) groups excluding carboxylic acids is 2. The molecule has 156 valence electrons. The van der Waals surface area contributed by atoms with E-state index in [0.717, 1.165) is 44.3 Å². The molecule has 0 spiro atoms. The molecule has 2 aliphatic rings. The van der Waals surface area contributed by atoms with Gasteiger partial charge in [0.15, 0.2) is 5.76 Å². The minimum Gasteiger partial charge on any atom is -0.461 e. The summed E-state index contributed by atoms with van der Waals surface area (Å²) in [5.41, 5.74) is 1.67. The molecule has 2 aromatic heterocycles. The summed E-state index contributed by atoms with van der Waals surface area (Å²) < 4.78 is 16.4. The predicted molar refractivity (Wildman–Crippen MR) is 111 cm³/mol. The van der Waals surface area contributed by atoms with Crippen LogP contribution in [0.15, 0.2) is 22.8 Å². The topological polar surface area (TPSA) is 77.8 Å². The SMILES string of the molecule is CC1CCc2c(sc(NC(=O)CCOCC3CCCO3)c2C(=O)c2ccco2)C1. The first-order valence-electron chi connectivity index (χ1n) is 10.3. The number of hydrogen-bond acceptors (Lipinski definition) is 6. The van der Waals surface area contributed by atoms with Gasteiger partial charge in [-0.25, -0.2) is 0 Å². The second-order valence-corrected chi connectivity index (χ2v) is 8.98. The highest BCUT2D eigenvalue weighted by Gasteiger charge is 2.29. The lowest BCUT2D eigenvalue weighted by molar-refractivity contribution is -0.117. The van der Waals surface area contributed by atoms with Gasteiger partial charge in [0.25, 0.3) is 0 Å². The molecule has 29 heavy (non-hydrogen) atoms. The average molecular weight is 418 g/mol. The Hall–Kier alpha value is -1.96. The first kappa shape index (κ1) is 20.3. The van der Waals surface area contributed by atoms with Crippen LogP contribution < -0.4 is 5.32 Å². The second kappa shape index (κ2) is 9.24. The van der Waals surface area contributed by atoms with Gasteiger partial charge in [0, 0.05) is 11.5 Å². The van der Waals surface area contributed by atoms with Gasteiger partial charge in [0.2, 0.25) is 11.7 Å². The molecule has 3 heterocycles. The van der Waals surface area contributed by atoms with E-state index in [-0.39, 0.29) is 24.2 Å². The van der Waals surface area contributed by atoms with Crippen LogP contribution >= 0.6 is 11.3 Å². The normalized spacial score (nSPS) is 21.1. The first-order chi connectivity index (χ1) is 14.1. The number of ether oxygens (including phenoxy) is 2. The number of thiophene rings is 1. The van der Waals surface area contributed by atoms with Crippen molar-refractivity contribution in [1.29, 1.82) is 0 Å². The van der Waals surface area contributed by atoms with Crippen molar-refractivity contribution in [3.05, 3.63) is 40.2 Å². The Labute approximate surface area is 174 Å². The van der Waals surface area contributed by atoms with Crippen molar-refractivity contribution < 1.29 is 23.5 Å². The summed E-state index contributed by atoms with van der Waals surface area (Å²) >= 11 is 1.52. The van der Waals surface area contributed by atoms with Gasteiger partial charge in [-0.2, -0.15) is 0 Å². The summed E-state index contributed by atoms with van der Waals surface area (Å²) in [6, 6.07) is 3.38. The summed E-state index contributed by atoms with van der Waals surface area (Å²) in [7, 11) is 0. The Kier molecular flexibility index (Phi) is 6.47. The fraction of sp³-hybridized carbons (Fsp3) is 0.545. The standard InChI is InChI=1S/C22H27NO5S/c1-14-6-7-16-18(12-14)29-22(20(16)21(25)17-5-3-10-28-17)23-19(24)8-11-26-13-15-4-2-9-27-15/h3,5,10,14-15H,2,4,6-9,11-13H2,1H3,(H,23,24). The van der Waals surface area contributed by atoms with Gasteiger partial charge in [-0.05, 0) is 55.7 Å². The fourth-order valence-electron chi connectivity index (χ4n) is 3.95. The zero-order valence-electron chi connectivity index (χ0n) is 16.7. The lowest BCUT2D eigenvalue weighted by atomic mass is 9.87. The average Bonchev–Trinajstić information content (AvgIpc) is 3.45. The maximum absolute atomic E-state index is 13.1. The molecule has 2 unspecified atom stereocenters. The zero-order chi connectivity index (χ0) is 20.2. The molecule has 1 aliphatic carbocycles. The maximum Gasteiger partial charge on any atom is 0.231 e. The lowest BCUT2D eigenvalue weighted by Crippen LogP contribution is -2.19. The molecule has 1 N–H and O–H groups in total. The van der Waals surface area contributed by atoms with Crippen LogP contribution in [0.5, 0.6) is 0 Å². The van der Waals surface area contributed by atoms with Crippen LogP contribution in [0.25, 0.3) is 0 Å². The number of carbonyl (C=O) groups is 2. The van der Waals surface area contributed by atoms with E-state index in [0.29, 0.717) is 35.5 Å². The lowest BCUT2D eigenvalue weighted by Gasteiger charge is -2.18. The molecule has 2 atom stereocenters. The van der Waals surface area contributed by atoms with Gasteiger partial charge in [-0.15, -0.1) is 11.3 Å². The number of furan rings is 1. The molecular formula is C22H27NO5S. The van der Waals surface area contributed by atoms with E-state index in [4.69, 9.17) is 13.9 Å². The fourth-order valence-corrected chi connectivity index (χ4v) is 5.38. The molecule has 0 saturated carbocycles. The number of nitrogens with one attached hydrogen (secondary N) is 1. The molecule has 7 heteroatoms. The third-order valence-electron chi connectivity index (χ3n) is 5.54. The van der Waals surface area contributed by atoms with Crippen LogP contribution in [-0.2, 0) is 27.1 Å². The van der Waals surface area contributed by atoms with Gasteiger partial charge in [-0.1, -0.05) is 6.92 Å². The predicted octanol–water partition coefficient (Wildman–Crippen LogP) is 4.22. The van der Waals surface area contributed by atoms with Crippen molar-refractivity contribution in [1.82, 2.24) is 0 Å². The smallest absolute Gasteiger partial charge is 0.231 e. The quantitative estimate of drug-likeness (QED) is 0.514. The van der Waals surface area contributed by atoms with Crippen LogP contribution in [-0.4, -0.2) is 37.6 Å². The second-order valence-electron chi connectivity index (χ2n) is 7.87. The van der Waals surface area contributed by atoms with Gasteiger partial charge in [-0.3, -0.25) is 9.59 Å². The highest BCUT2D eigenvalue weighted by atomic mass is 32.1. The van der Waals surface area contributed by atoms with Crippen LogP contribution in [0.4, 0.5) is 5.00 Å². The summed E-state index contributed by atoms with van der Waals surface area (Å²) in [5.74, 6) is 0.589. The highest BCUT2D eigenvalue weighted by molar-refractivity contribution is 7.17. The van der Waals surface area contributed by atoms with Crippen molar-refractivity contribution in [2.45, 2.75) is 51.6 Å². The van der Waals surface area contributed by atoms with E-state index in [9.17, 15) is 9.59 Å². The van der Waals surface area contributed by atoms with Gasteiger partial charge >= 0.3 is 0 Å². The molecule has 0 aromatic carbocycles. The van der Waals surface area contributed by atoms with E-state index >= 15 is 0 Å². The number of hydrogen-bond donors (Lipinski definition) is 1. The molecule has 0 radical (unpaired) electrons. The van der Waals surface area contributed by atoms with Gasteiger partial charge < -0.3 is 19.2 Å². The van der Waals surface area contributed by atoms with E-state index in [2.05, 4.69) is 12.2 Å². The number of ketones is 1. The van der Waals surface area contributed by atoms with Crippen LogP contribution in [0.3, 0.4) is 0 Å². The highest BCUT2D eigenvalue weighted by Crippen LogP contribution is 2.40. The van der Waals surface area contributed by atoms with Gasteiger partial charge in [0.05, 0.1) is 37.6 Å². The van der Waals surface area contributed by atoms with Crippen molar-refractivity contribution in [3.8, 4) is 0 Å². The monoisotopic (exact) mass is 417 g/mol. The third kappa shape index (κ3) is 4.79. The molecule has 1 amide bonds. The molecule has 1 aliphatic heterocycles. The van der Waals surface area contributed by atoms with E-state index in [1.165, 1.54) is 22.5 Å². The van der Waals surface area contributed by atoms with E-state index < -0.39 is 0 Å². The molecular weight excluding hydrogens is 390 g/mol. The number of fused-ring (bicyclic) bond motifs is 1. The summed E-state index contributed by atoms with van der Waals surface area (Å²) in [6.07, 6.45) is 6.84. The molecule has 4 rings (SSSR count). The maximum atomic E-state index is 13.1. The Morgan fingerprint density at radius 1 is 1.34 bits per heavy atom. The minimum atomic E-state index is -0.160. The van der Waals surface area contributed by atoms with Crippen LogP contribution in [0.2, 0.25) is 0 Å². The van der Waals surface area contributed by atoms with Crippen molar-refractivity contribution in [3.63, 3.8) is 0 Å². The number of anilines is 1. The van der Waals surface area contributed by atoms with Crippen molar-refractivity contribution in [2.24, 2.45) is 5.92 Å². The van der Waals surface area contributed by atoms with Crippen LogP contribution in [0, 0.1) is 5.92 Å². The third-order valence-corrected chi connectivity index (χ3v) is 6.71. The Bertz CT molecular complexity index is 851. The zero-order valence-corrected chi connectivity index (χ0v) is 17.5. The summed E-state index contributed by atoms with van der Waals surface area (Å²) in [4.78, 5) is 26.7. The largest absolute Gasteiger partial charge is 0.461 e. The number of amides is 1. The van der Waals surface area contributed by atoms with Gasteiger partial charge in [0.1, 0.15) is 5.00 Å². The molecule has 1 fully saturated rings. The Morgan fingerprint density at radius 2 is 2.24 bits per heavy atom. The van der Waals surface area contributed by atoms with E-state index in [1.54, 1.807) is 12.1 Å². The first-order valence-corrected chi connectivity index (χ1v) is 11.2. The van der Waals surface area contributed by atoms with E-state index in [1.807, 2.05) is 0 Å². The van der Waals surface area contributed by atoms with Crippen LogP contribution in [0.1, 0.15) is 59.2 Å². The molecule has 0 bridgehead atoms. The molecule has 2 aromatic rings. The Morgan fingerprint density at radius 3 is 3.00 bits per heavy atom. The summed E-state index contributed by atoms with van der Waals surface area (Å²) in [5, 5.41) is 3.59.